The van der Waals surface area contributed by atoms with Crippen molar-refractivity contribution in [2.75, 3.05) is 14.2 Å². The molecule has 0 saturated carbocycles. The molecule has 46 heavy (non-hydrogen) atoms. The van der Waals surface area contributed by atoms with E-state index in [2.05, 4.69) is 63.3 Å². The predicted octanol–water partition coefficient (Wildman–Crippen LogP) is 10.8. The maximum absolute atomic E-state index is 12.3. The van der Waals surface area contributed by atoms with Crippen molar-refractivity contribution in [3.63, 3.8) is 0 Å². The second kappa shape index (κ2) is 20.7. The van der Waals surface area contributed by atoms with E-state index in [1.807, 2.05) is 102 Å². The van der Waals surface area contributed by atoms with E-state index in [-0.39, 0.29) is 17.4 Å². The molecule has 0 radical (unpaired) electrons. The number of esters is 1. The maximum atomic E-state index is 12.3. The largest absolute Gasteiger partial charge is 0.465 e. The van der Waals surface area contributed by atoms with E-state index in [1.54, 1.807) is 7.11 Å². The number of benzene rings is 1. The van der Waals surface area contributed by atoms with Crippen LogP contribution in [0.25, 0.3) is 6.08 Å². The van der Waals surface area contributed by atoms with Gasteiger partial charge in [-0.2, -0.15) is 0 Å². The molecule has 0 bridgehead atoms. The highest BCUT2D eigenvalue weighted by Crippen LogP contribution is 2.21. The number of methoxy groups -OCH3 is 2. The lowest BCUT2D eigenvalue weighted by molar-refractivity contribution is -0.116. The Morgan fingerprint density at radius 1 is 0.674 bits per heavy atom. The topological polar surface area (TPSA) is 52.6 Å². The lowest BCUT2D eigenvalue weighted by Gasteiger charge is -2.22. The van der Waals surface area contributed by atoms with E-state index in [9.17, 15) is 9.59 Å². The Morgan fingerprint density at radius 3 is 1.65 bits per heavy atom. The molecule has 246 valence electrons. The summed E-state index contributed by atoms with van der Waals surface area (Å²) in [5, 5.41) is 0. The number of ketones is 1. The Kier molecular flexibility index (Phi) is 17.9. The first kappa shape index (κ1) is 39.7. The van der Waals surface area contributed by atoms with Gasteiger partial charge >= 0.3 is 5.97 Å². The highest BCUT2D eigenvalue weighted by molar-refractivity contribution is 5.95. The van der Waals surface area contributed by atoms with Gasteiger partial charge < -0.3 is 9.47 Å². The molecule has 1 aromatic rings. The van der Waals surface area contributed by atoms with E-state index < -0.39 is 0 Å². The van der Waals surface area contributed by atoms with Crippen LogP contribution in [0.4, 0.5) is 0 Å². The van der Waals surface area contributed by atoms with Crippen molar-refractivity contribution < 1.29 is 19.1 Å². The Hall–Kier alpha value is -4.28. The molecule has 0 aliphatic rings. The summed E-state index contributed by atoms with van der Waals surface area (Å²) in [5.74, 6) is -0.161. The average molecular weight is 623 g/mol. The zero-order chi connectivity index (χ0) is 34.7. The van der Waals surface area contributed by atoms with Gasteiger partial charge in [-0.05, 0) is 97.1 Å². The van der Waals surface area contributed by atoms with Gasteiger partial charge in [0.15, 0.2) is 5.78 Å². The third kappa shape index (κ3) is 15.6. The Balaban J connectivity index is 2.65. The summed E-state index contributed by atoms with van der Waals surface area (Å²) in [4.78, 5) is 24.2. The average Bonchev–Trinajstić information content (AvgIpc) is 3.02. The van der Waals surface area contributed by atoms with Crippen molar-refractivity contribution in [2.24, 2.45) is 0 Å². The molecule has 4 nitrogen and oxygen atoms in total. The predicted molar refractivity (Wildman–Crippen MR) is 197 cm³/mol. The molecule has 0 aromatic heterocycles. The van der Waals surface area contributed by atoms with Gasteiger partial charge in [0, 0.05) is 13.5 Å². The van der Waals surface area contributed by atoms with E-state index in [4.69, 9.17) is 9.47 Å². The van der Waals surface area contributed by atoms with Crippen molar-refractivity contribution in [1.82, 2.24) is 0 Å². The van der Waals surface area contributed by atoms with Crippen molar-refractivity contribution >= 4 is 17.8 Å². The SMILES string of the molecule is COC(=O)c1ccc(C=CC(C)=CC=CC(C)=CC=CC=C(C)C=CC=C(C)C=CC=C(C)C(=O)CCC(C)(C)OC)c(C)c1C. The molecule has 4 heteroatoms. The first-order chi connectivity index (χ1) is 21.7. The third-order valence-electron chi connectivity index (χ3n) is 7.68. The molecule has 1 aromatic carbocycles. The Labute approximate surface area is 278 Å². The second-order valence-corrected chi connectivity index (χ2v) is 12.1. The first-order valence-corrected chi connectivity index (χ1v) is 15.7. The molecule has 0 unspecified atom stereocenters. The van der Waals surface area contributed by atoms with Crippen LogP contribution >= 0.6 is 0 Å². The summed E-state index contributed by atoms with van der Waals surface area (Å²) in [6.45, 7) is 18.0. The number of ether oxygens (including phenoxy) is 2. The van der Waals surface area contributed by atoms with Gasteiger partial charge in [-0.25, -0.2) is 4.79 Å². The number of hydrogen-bond acceptors (Lipinski definition) is 4. The minimum atomic E-state index is -0.309. The fraction of sp³-hybridized carbons (Fsp3) is 0.333. The standard InChI is InChI=1S/C42H54O4/c1-31(19-14-21-33(3)23-16-24-35(5)40(43)29-30-42(8,9)46-11)17-12-13-18-32(2)20-15-22-34(4)25-26-38-27-28-39(41(44)45-10)37(7)36(38)6/h12-28H,29-30H2,1-11H3. The number of Topliss-reactive ketones (excluding diaryl/α,β-unsaturated/α-hetero) is 1. The van der Waals surface area contributed by atoms with E-state index in [1.165, 1.54) is 7.11 Å². The minimum absolute atomic E-state index is 0.148. The van der Waals surface area contributed by atoms with Crippen molar-refractivity contribution in [1.29, 1.82) is 0 Å². The van der Waals surface area contributed by atoms with Gasteiger partial charge in [0.25, 0.3) is 0 Å². The lowest BCUT2D eigenvalue weighted by Crippen LogP contribution is -2.23. The molecule has 0 heterocycles. The van der Waals surface area contributed by atoms with E-state index in [0.29, 0.717) is 18.4 Å². The van der Waals surface area contributed by atoms with Crippen LogP contribution in [-0.4, -0.2) is 31.6 Å². The second-order valence-electron chi connectivity index (χ2n) is 12.1. The molecular weight excluding hydrogens is 568 g/mol. The van der Waals surface area contributed by atoms with Crippen LogP contribution in [0.15, 0.2) is 125 Å². The lowest BCUT2D eigenvalue weighted by atomic mass is 9.97. The van der Waals surface area contributed by atoms with Crippen LogP contribution in [0.3, 0.4) is 0 Å². The highest BCUT2D eigenvalue weighted by Gasteiger charge is 2.18. The summed E-state index contributed by atoms with van der Waals surface area (Å²) >= 11 is 0. The Bertz CT molecular complexity index is 1510. The molecule has 0 spiro atoms. The molecule has 0 saturated heterocycles. The summed E-state index contributed by atoms with van der Waals surface area (Å²) in [6, 6.07) is 3.77. The zero-order valence-corrected chi connectivity index (χ0v) is 29.9. The fourth-order valence-electron chi connectivity index (χ4n) is 4.07. The minimum Gasteiger partial charge on any atom is -0.465 e. The normalized spacial score (nSPS) is 14.6. The highest BCUT2D eigenvalue weighted by atomic mass is 16.5. The number of carbonyl (C=O) groups excluding carboxylic acids is 2. The molecule has 0 N–H and O–H groups in total. The van der Waals surface area contributed by atoms with Gasteiger partial charge in [0.05, 0.1) is 18.3 Å². The van der Waals surface area contributed by atoms with E-state index >= 15 is 0 Å². The maximum Gasteiger partial charge on any atom is 0.338 e. The third-order valence-corrected chi connectivity index (χ3v) is 7.68. The smallest absolute Gasteiger partial charge is 0.338 e. The summed E-state index contributed by atoms with van der Waals surface area (Å²) in [6.07, 6.45) is 31.7. The van der Waals surface area contributed by atoms with Crippen LogP contribution in [-0.2, 0) is 14.3 Å². The van der Waals surface area contributed by atoms with Gasteiger partial charge in [0.2, 0.25) is 0 Å². The molecule has 0 atom stereocenters. The molecule has 1 rings (SSSR count). The van der Waals surface area contributed by atoms with Crippen molar-refractivity contribution in [2.45, 2.75) is 80.8 Å². The van der Waals surface area contributed by atoms with Crippen molar-refractivity contribution in [3.8, 4) is 0 Å². The number of rotatable bonds is 16. The van der Waals surface area contributed by atoms with Crippen LogP contribution in [0.5, 0.6) is 0 Å². The number of carbonyl (C=O) groups is 2. The van der Waals surface area contributed by atoms with E-state index in [0.717, 1.165) is 44.6 Å². The monoisotopic (exact) mass is 622 g/mol. The van der Waals surface area contributed by atoms with Crippen molar-refractivity contribution in [3.05, 3.63) is 147 Å². The number of hydrogen-bond donors (Lipinski definition) is 0. The van der Waals surface area contributed by atoms with Gasteiger partial charge in [-0.1, -0.05) is 119 Å². The van der Waals surface area contributed by atoms with Gasteiger partial charge in [0.1, 0.15) is 0 Å². The molecule has 0 aliphatic heterocycles. The fourth-order valence-corrected chi connectivity index (χ4v) is 4.07. The summed E-state index contributed by atoms with van der Waals surface area (Å²) in [7, 11) is 3.08. The molecule has 0 amide bonds. The summed E-state index contributed by atoms with van der Waals surface area (Å²) in [5.41, 5.74) is 8.67. The number of allylic oxidation sites excluding steroid dienone is 19. The van der Waals surface area contributed by atoms with Crippen LogP contribution in [0, 0.1) is 13.8 Å². The first-order valence-electron chi connectivity index (χ1n) is 15.7. The van der Waals surface area contributed by atoms with Crippen LogP contribution < -0.4 is 0 Å². The molecular formula is C42H54O4. The summed E-state index contributed by atoms with van der Waals surface area (Å²) < 4.78 is 10.3. The van der Waals surface area contributed by atoms with Gasteiger partial charge in [-0.3, -0.25) is 4.79 Å². The zero-order valence-electron chi connectivity index (χ0n) is 29.9. The molecule has 0 fully saturated rings. The van der Waals surface area contributed by atoms with Crippen LogP contribution in [0.2, 0.25) is 0 Å². The Morgan fingerprint density at radius 2 is 1.15 bits per heavy atom. The van der Waals surface area contributed by atoms with Crippen LogP contribution in [0.1, 0.15) is 88.4 Å². The molecule has 0 aliphatic carbocycles. The quantitative estimate of drug-likeness (QED) is 0.105. The van der Waals surface area contributed by atoms with Gasteiger partial charge in [-0.15, -0.1) is 0 Å².